The smallest absolute Gasteiger partial charge is 0.408 e. The fourth-order valence-corrected chi connectivity index (χ4v) is 5.08. The lowest BCUT2D eigenvalue weighted by Crippen LogP contribution is -2.55. The predicted octanol–water partition coefficient (Wildman–Crippen LogP) is 7.18. The van der Waals surface area contributed by atoms with Crippen molar-refractivity contribution in [2.24, 2.45) is 5.92 Å². The van der Waals surface area contributed by atoms with Crippen LogP contribution in [0.15, 0.2) is 72.8 Å². The Morgan fingerprint density at radius 1 is 0.870 bits per heavy atom. The van der Waals surface area contributed by atoms with Crippen LogP contribution in [-0.2, 0) is 20.7 Å². The second-order valence-corrected chi connectivity index (χ2v) is 13.2. The first-order valence-corrected chi connectivity index (χ1v) is 15.8. The van der Waals surface area contributed by atoms with Crippen LogP contribution in [0.4, 0.5) is 10.5 Å². The van der Waals surface area contributed by atoms with Gasteiger partial charge in [0.25, 0.3) is 5.91 Å². The Hall–Kier alpha value is -4.53. The molecular weight excluding hydrogens is 582 g/mol. The summed E-state index contributed by atoms with van der Waals surface area (Å²) in [6.45, 7) is 13.4. The first-order valence-electron chi connectivity index (χ1n) is 15.8. The van der Waals surface area contributed by atoms with Gasteiger partial charge in [-0.3, -0.25) is 9.59 Å². The topological polar surface area (TPSA) is 117 Å². The van der Waals surface area contributed by atoms with E-state index in [1.54, 1.807) is 69.2 Å². The van der Waals surface area contributed by atoms with Gasteiger partial charge in [-0.25, -0.2) is 4.79 Å². The number of hydrogen-bond acceptors (Lipinski definition) is 6. The van der Waals surface area contributed by atoms with Gasteiger partial charge in [0.1, 0.15) is 29.2 Å². The molecule has 0 aliphatic heterocycles. The van der Waals surface area contributed by atoms with E-state index < -0.39 is 29.7 Å². The van der Waals surface area contributed by atoms with E-state index >= 15 is 0 Å². The molecule has 248 valence electrons. The molecule has 0 spiro atoms. The van der Waals surface area contributed by atoms with Crippen molar-refractivity contribution in [3.8, 4) is 11.5 Å². The maximum Gasteiger partial charge on any atom is 0.408 e. The predicted molar refractivity (Wildman–Crippen MR) is 181 cm³/mol. The fraction of sp³-hybridized carbons (Fsp3) is 0.432. The minimum Gasteiger partial charge on any atom is -0.508 e. The highest BCUT2D eigenvalue weighted by Gasteiger charge is 2.39. The van der Waals surface area contributed by atoms with Gasteiger partial charge in [-0.15, -0.1) is 0 Å². The molecule has 3 atom stereocenters. The van der Waals surface area contributed by atoms with Gasteiger partial charge in [0.15, 0.2) is 0 Å². The summed E-state index contributed by atoms with van der Waals surface area (Å²) < 4.78 is 10.8. The Labute approximate surface area is 273 Å². The van der Waals surface area contributed by atoms with Gasteiger partial charge < -0.3 is 30.1 Å². The summed E-state index contributed by atoms with van der Waals surface area (Å²) in [5, 5.41) is 15.6. The Morgan fingerprint density at radius 2 is 1.48 bits per heavy atom. The van der Waals surface area contributed by atoms with E-state index in [1.807, 2.05) is 38.1 Å². The quantitative estimate of drug-likeness (QED) is 0.184. The zero-order valence-corrected chi connectivity index (χ0v) is 28.3. The molecule has 0 aliphatic carbocycles. The number of aryl methyl sites for hydroxylation is 1. The van der Waals surface area contributed by atoms with Crippen molar-refractivity contribution in [2.45, 2.75) is 91.5 Å². The van der Waals surface area contributed by atoms with E-state index in [0.717, 1.165) is 17.5 Å². The van der Waals surface area contributed by atoms with Crippen LogP contribution in [0.3, 0.4) is 0 Å². The molecule has 0 aromatic heterocycles. The molecule has 3 rings (SSSR count). The standard InChI is InChI=1S/C37H49N3O6/c1-24(2)9-12-26(4)40(35(43)32(39-36(44)46-37(5,6)7)23-27-13-19-30(41)20-14-27)33(28-15-10-25(3)11-16-28)34(42)38-29-17-21-31(45-8)22-18-29/h10-11,13-22,24,26,32-33,41H,9,12,23H2,1-8H3,(H,38,42)(H,39,44). The number of hydrogen-bond donors (Lipinski definition) is 3. The monoisotopic (exact) mass is 631 g/mol. The molecule has 0 heterocycles. The van der Waals surface area contributed by atoms with Gasteiger partial charge in [-0.05, 0) is 101 Å². The highest BCUT2D eigenvalue weighted by Crippen LogP contribution is 2.30. The lowest BCUT2D eigenvalue weighted by atomic mass is 9.95. The minimum absolute atomic E-state index is 0.0882. The normalized spacial score (nSPS) is 13.3. The Balaban J connectivity index is 2.12. The number of ether oxygens (including phenoxy) is 2. The number of phenols is 1. The highest BCUT2D eigenvalue weighted by molar-refractivity contribution is 5.99. The minimum atomic E-state index is -1.07. The van der Waals surface area contributed by atoms with Crippen LogP contribution in [0.2, 0.25) is 0 Å². The molecule has 0 saturated heterocycles. The molecule has 3 amide bonds. The van der Waals surface area contributed by atoms with Gasteiger partial charge >= 0.3 is 6.09 Å². The van der Waals surface area contributed by atoms with Gasteiger partial charge in [0.05, 0.1) is 7.11 Å². The Kier molecular flexibility index (Phi) is 12.6. The SMILES string of the molecule is COc1ccc(NC(=O)C(c2ccc(C)cc2)N(C(=O)C(Cc2ccc(O)cc2)NC(=O)OC(C)(C)C)C(C)CCC(C)C)cc1. The zero-order chi connectivity index (χ0) is 34.0. The lowest BCUT2D eigenvalue weighted by molar-refractivity contribution is -0.143. The number of phenolic OH excluding ortho intramolecular Hbond substituents is 1. The molecule has 9 nitrogen and oxygen atoms in total. The molecule has 0 fully saturated rings. The van der Waals surface area contributed by atoms with Gasteiger partial charge in [-0.2, -0.15) is 0 Å². The van der Waals surface area contributed by atoms with Crippen LogP contribution in [0.25, 0.3) is 0 Å². The van der Waals surface area contributed by atoms with Crippen LogP contribution >= 0.6 is 0 Å². The van der Waals surface area contributed by atoms with Crippen molar-refractivity contribution in [1.29, 1.82) is 0 Å². The number of alkyl carbamates (subject to hydrolysis) is 1. The van der Waals surface area contributed by atoms with E-state index in [1.165, 1.54) is 12.1 Å². The maximum atomic E-state index is 14.8. The summed E-state index contributed by atoms with van der Waals surface area (Å²) in [5.41, 5.74) is 2.14. The maximum absolute atomic E-state index is 14.8. The molecular formula is C37H49N3O6. The van der Waals surface area contributed by atoms with Crippen LogP contribution in [0.5, 0.6) is 11.5 Å². The number of nitrogens with zero attached hydrogens (tertiary/aromatic N) is 1. The van der Waals surface area contributed by atoms with Crippen molar-refractivity contribution in [3.63, 3.8) is 0 Å². The Bertz CT molecular complexity index is 1430. The van der Waals surface area contributed by atoms with Crippen molar-refractivity contribution < 1.29 is 29.0 Å². The number of carbonyl (C=O) groups is 3. The van der Waals surface area contributed by atoms with Crippen molar-refractivity contribution in [1.82, 2.24) is 10.2 Å². The van der Waals surface area contributed by atoms with Gasteiger partial charge in [0, 0.05) is 18.2 Å². The van der Waals surface area contributed by atoms with Gasteiger partial charge in [0.2, 0.25) is 5.91 Å². The molecule has 46 heavy (non-hydrogen) atoms. The molecule has 3 unspecified atom stereocenters. The molecule has 0 radical (unpaired) electrons. The largest absolute Gasteiger partial charge is 0.508 e. The van der Waals surface area contributed by atoms with Crippen LogP contribution in [0, 0.1) is 12.8 Å². The third kappa shape index (κ3) is 10.8. The molecule has 3 aromatic carbocycles. The zero-order valence-electron chi connectivity index (χ0n) is 28.3. The summed E-state index contributed by atoms with van der Waals surface area (Å²) in [7, 11) is 1.57. The first kappa shape index (κ1) is 35.9. The fourth-order valence-electron chi connectivity index (χ4n) is 5.08. The van der Waals surface area contributed by atoms with E-state index in [9.17, 15) is 19.5 Å². The number of carbonyl (C=O) groups excluding carboxylic acids is 3. The number of nitrogens with one attached hydrogen (secondary N) is 2. The molecule has 9 heteroatoms. The molecule has 0 aliphatic rings. The summed E-state index contributed by atoms with van der Waals surface area (Å²) in [6, 6.07) is 18.6. The number of amides is 3. The summed E-state index contributed by atoms with van der Waals surface area (Å²) in [4.78, 5) is 43.8. The summed E-state index contributed by atoms with van der Waals surface area (Å²) in [6.07, 6.45) is 0.842. The van der Waals surface area contributed by atoms with Crippen LogP contribution in [0.1, 0.15) is 77.1 Å². The molecule has 0 bridgehead atoms. The highest BCUT2D eigenvalue weighted by atomic mass is 16.6. The van der Waals surface area contributed by atoms with Crippen molar-refractivity contribution in [3.05, 3.63) is 89.5 Å². The molecule has 3 aromatic rings. The number of benzene rings is 3. The van der Waals surface area contributed by atoms with E-state index in [0.29, 0.717) is 29.3 Å². The first-order chi connectivity index (χ1) is 21.7. The van der Waals surface area contributed by atoms with Crippen molar-refractivity contribution >= 4 is 23.6 Å². The van der Waals surface area contributed by atoms with Gasteiger partial charge in [-0.1, -0.05) is 55.8 Å². The number of methoxy groups -OCH3 is 1. The Morgan fingerprint density at radius 3 is 2.02 bits per heavy atom. The second-order valence-electron chi connectivity index (χ2n) is 13.2. The van der Waals surface area contributed by atoms with Crippen molar-refractivity contribution in [2.75, 3.05) is 12.4 Å². The third-order valence-corrected chi connectivity index (χ3v) is 7.53. The molecule has 0 saturated carbocycles. The molecule has 3 N–H and O–H groups in total. The summed E-state index contributed by atoms with van der Waals surface area (Å²) >= 11 is 0. The number of anilines is 1. The number of rotatable bonds is 13. The second kappa shape index (κ2) is 16.2. The third-order valence-electron chi connectivity index (χ3n) is 7.53. The lowest BCUT2D eigenvalue weighted by Gasteiger charge is -2.39. The average Bonchev–Trinajstić information content (AvgIpc) is 2.99. The van der Waals surface area contributed by atoms with Crippen LogP contribution < -0.4 is 15.4 Å². The van der Waals surface area contributed by atoms with E-state index in [2.05, 4.69) is 24.5 Å². The van der Waals surface area contributed by atoms with Crippen LogP contribution in [-0.4, -0.2) is 52.7 Å². The summed E-state index contributed by atoms with van der Waals surface area (Å²) in [5.74, 6) is 0.297. The average molecular weight is 632 g/mol. The van der Waals surface area contributed by atoms with E-state index in [4.69, 9.17) is 9.47 Å². The number of aromatic hydroxyl groups is 1. The van der Waals surface area contributed by atoms with E-state index in [-0.39, 0.29) is 24.1 Å².